The van der Waals surface area contributed by atoms with E-state index in [1.807, 2.05) is 24.3 Å². The smallest absolute Gasteiger partial charge is 0.0735 e. The van der Waals surface area contributed by atoms with Gasteiger partial charge in [0.2, 0.25) is 0 Å². The molecule has 1 fully saturated rings. The average Bonchev–Trinajstić information content (AvgIpc) is 2.18. The molecule has 1 saturated carbocycles. The molecule has 0 amide bonds. The summed E-state index contributed by atoms with van der Waals surface area (Å²) in [5, 5.41) is 0.784. The van der Waals surface area contributed by atoms with Crippen LogP contribution in [-0.4, -0.2) is 12.6 Å². The maximum Gasteiger partial charge on any atom is 0.0735 e. The molecule has 0 spiro atoms. The molecule has 0 unspecified atom stereocenters. The Morgan fingerprint density at radius 1 is 1.33 bits per heavy atom. The first-order valence-corrected chi connectivity index (χ1v) is 5.72. The highest BCUT2D eigenvalue weighted by molar-refractivity contribution is 6.31. The van der Waals surface area contributed by atoms with E-state index >= 15 is 0 Å². The Balaban J connectivity index is 1.77. The summed E-state index contributed by atoms with van der Waals surface area (Å²) in [4.78, 5) is 0. The Hall–Kier alpha value is -0.570. The lowest BCUT2D eigenvalue weighted by Gasteiger charge is -2.34. The fourth-order valence-corrected chi connectivity index (χ4v) is 2.02. The van der Waals surface area contributed by atoms with Crippen LogP contribution in [0.5, 0.6) is 0 Å². The molecule has 0 heterocycles. The first-order chi connectivity index (χ1) is 7.29. The van der Waals surface area contributed by atoms with Gasteiger partial charge in [0.25, 0.3) is 0 Å². The summed E-state index contributed by atoms with van der Waals surface area (Å²) in [6.07, 6.45) is 2.58. The molecule has 82 valence electrons. The molecule has 0 aromatic heterocycles. The van der Waals surface area contributed by atoms with Crippen molar-refractivity contribution in [2.24, 2.45) is 11.7 Å². The SMILES string of the molecule is NCC1CC(OCc2ccccc2Cl)C1. The van der Waals surface area contributed by atoms with Crippen molar-refractivity contribution in [2.75, 3.05) is 6.54 Å². The Morgan fingerprint density at radius 3 is 2.73 bits per heavy atom. The maximum absolute atomic E-state index is 6.02. The van der Waals surface area contributed by atoms with Crippen LogP contribution in [-0.2, 0) is 11.3 Å². The van der Waals surface area contributed by atoms with Crippen LogP contribution in [0, 0.1) is 5.92 Å². The van der Waals surface area contributed by atoms with Gasteiger partial charge < -0.3 is 10.5 Å². The molecule has 2 nitrogen and oxygen atoms in total. The zero-order valence-corrected chi connectivity index (χ0v) is 9.41. The molecular formula is C12H16ClNO. The fraction of sp³-hybridized carbons (Fsp3) is 0.500. The number of hydrogen-bond acceptors (Lipinski definition) is 2. The molecule has 2 N–H and O–H groups in total. The van der Waals surface area contributed by atoms with E-state index in [-0.39, 0.29) is 0 Å². The molecular weight excluding hydrogens is 210 g/mol. The molecule has 1 aromatic carbocycles. The summed E-state index contributed by atoms with van der Waals surface area (Å²) in [7, 11) is 0. The van der Waals surface area contributed by atoms with Gasteiger partial charge in [0.05, 0.1) is 12.7 Å². The number of nitrogens with two attached hydrogens (primary N) is 1. The van der Waals surface area contributed by atoms with Gasteiger partial charge in [0.1, 0.15) is 0 Å². The lowest BCUT2D eigenvalue weighted by atomic mass is 9.82. The third kappa shape index (κ3) is 2.71. The van der Waals surface area contributed by atoms with Crippen LogP contribution in [0.3, 0.4) is 0 Å². The van der Waals surface area contributed by atoms with Crippen LogP contribution in [0.2, 0.25) is 5.02 Å². The van der Waals surface area contributed by atoms with Gasteiger partial charge in [-0.25, -0.2) is 0 Å². The first-order valence-electron chi connectivity index (χ1n) is 5.34. The third-order valence-electron chi connectivity index (χ3n) is 2.96. The average molecular weight is 226 g/mol. The van der Waals surface area contributed by atoms with Crippen LogP contribution in [0.1, 0.15) is 18.4 Å². The van der Waals surface area contributed by atoms with Crippen molar-refractivity contribution in [1.29, 1.82) is 0 Å². The fourth-order valence-electron chi connectivity index (χ4n) is 1.83. The van der Waals surface area contributed by atoms with Gasteiger partial charge in [-0.1, -0.05) is 29.8 Å². The summed E-state index contributed by atoms with van der Waals surface area (Å²) in [6, 6.07) is 7.80. The van der Waals surface area contributed by atoms with Gasteiger partial charge in [0.15, 0.2) is 0 Å². The van der Waals surface area contributed by atoms with Crippen molar-refractivity contribution in [3.05, 3.63) is 34.9 Å². The predicted molar refractivity (Wildman–Crippen MR) is 61.8 cm³/mol. The standard InChI is InChI=1S/C12H16ClNO/c13-12-4-2-1-3-10(12)8-15-11-5-9(6-11)7-14/h1-4,9,11H,5-8,14H2. The van der Waals surface area contributed by atoms with E-state index in [0.717, 1.165) is 30.0 Å². The summed E-state index contributed by atoms with van der Waals surface area (Å²) >= 11 is 6.02. The molecule has 0 saturated heterocycles. The Morgan fingerprint density at radius 2 is 2.07 bits per heavy atom. The molecule has 1 aliphatic carbocycles. The van der Waals surface area contributed by atoms with Crippen molar-refractivity contribution < 1.29 is 4.74 Å². The number of halogens is 1. The minimum Gasteiger partial charge on any atom is -0.373 e. The minimum atomic E-state index is 0.384. The van der Waals surface area contributed by atoms with E-state index in [1.54, 1.807) is 0 Å². The maximum atomic E-state index is 6.02. The monoisotopic (exact) mass is 225 g/mol. The molecule has 0 atom stereocenters. The van der Waals surface area contributed by atoms with Crippen LogP contribution in [0.25, 0.3) is 0 Å². The van der Waals surface area contributed by atoms with Crippen molar-refractivity contribution in [3.63, 3.8) is 0 Å². The molecule has 1 aliphatic rings. The lowest BCUT2D eigenvalue weighted by Crippen LogP contribution is -2.35. The van der Waals surface area contributed by atoms with E-state index in [4.69, 9.17) is 22.1 Å². The number of hydrogen-bond donors (Lipinski definition) is 1. The van der Waals surface area contributed by atoms with Crippen molar-refractivity contribution >= 4 is 11.6 Å². The highest BCUT2D eigenvalue weighted by Crippen LogP contribution is 2.30. The second-order valence-corrected chi connectivity index (χ2v) is 4.50. The molecule has 1 aromatic rings. The van der Waals surface area contributed by atoms with E-state index in [2.05, 4.69) is 0 Å². The van der Waals surface area contributed by atoms with Crippen LogP contribution >= 0.6 is 11.6 Å². The normalized spacial score (nSPS) is 24.9. The lowest BCUT2D eigenvalue weighted by molar-refractivity contribution is -0.0375. The van der Waals surface area contributed by atoms with Crippen molar-refractivity contribution in [2.45, 2.75) is 25.6 Å². The summed E-state index contributed by atoms with van der Waals surface area (Å²) < 4.78 is 5.74. The van der Waals surface area contributed by atoms with E-state index < -0.39 is 0 Å². The minimum absolute atomic E-state index is 0.384. The van der Waals surface area contributed by atoms with Gasteiger partial charge >= 0.3 is 0 Å². The van der Waals surface area contributed by atoms with Gasteiger partial charge in [-0.05, 0) is 36.9 Å². The largest absolute Gasteiger partial charge is 0.373 e. The van der Waals surface area contributed by atoms with Gasteiger partial charge in [0, 0.05) is 5.02 Å². The summed E-state index contributed by atoms with van der Waals surface area (Å²) in [5.74, 6) is 0.668. The van der Waals surface area contributed by atoms with Gasteiger partial charge in [-0.15, -0.1) is 0 Å². The third-order valence-corrected chi connectivity index (χ3v) is 3.33. The van der Waals surface area contributed by atoms with E-state index in [1.165, 1.54) is 0 Å². The molecule has 2 rings (SSSR count). The molecule has 0 radical (unpaired) electrons. The summed E-state index contributed by atoms with van der Waals surface area (Å²) in [6.45, 7) is 1.40. The number of ether oxygens (including phenoxy) is 1. The second-order valence-electron chi connectivity index (χ2n) is 4.10. The van der Waals surface area contributed by atoms with Crippen LogP contribution in [0.15, 0.2) is 24.3 Å². The van der Waals surface area contributed by atoms with Crippen molar-refractivity contribution in [1.82, 2.24) is 0 Å². The van der Waals surface area contributed by atoms with Gasteiger partial charge in [-0.3, -0.25) is 0 Å². The summed E-state index contributed by atoms with van der Waals surface area (Å²) in [5.41, 5.74) is 6.62. The van der Waals surface area contributed by atoms with Crippen molar-refractivity contribution in [3.8, 4) is 0 Å². The number of benzene rings is 1. The van der Waals surface area contributed by atoms with E-state index in [9.17, 15) is 0 Å². The highest BCUT2D eigenvalue weighted by Gasteiger charge is 2.28. The topological polar surface area (TPSA) is 35.2 Å². The molecule has 3 heteroatoms. The van der Waals surface area contributed by atoms with E-state index in [0.29, 0.717) is 18.6 Å². The molecule has 0 aliphatic heterocycles. The van der Waals surface area contributed by atoms with Crippen LogP contribution in [0.4, 0.5) is 0 Å². The zero-order valence-electron chi connectivity index (χ0n) is 8.66. The zero-order chi connectivity index (χ0) is 10.7. The number of rotatable bonds is 4. The first kappa shape index (κ1) is 10.9. The Labute approximate surface area is 95.4 Å². The molecule has 0 bridgehead atoms. The second kappa shape index (κ2) is 4.97. The van der Waals surface area contributed by atoms with Crippen LogP contribution < -0.4 is 5.73 Å². The molecule has 15 heavy (non-hydrogen) atoms. The van der Waals surface area contributed by atoms with Gasteiger partial charge in [-0.2, -0.15) is 0 Å². The highest BCUT2D eigenvalue weighted by atomic mass is 35.5. The Bertz CT molecular complexity index is 323. The predicted octanol–water partition coefficient (Wildman–Crippen LogP) is 2.59. The quantitative estimate of drug-likeness (QED) is 0.855. The Kier molecular flexibility index (Phi) is 3.62.